The molecular weight excluding hydrogens is 686 g/mol. The van der Waals surface area contributed by atoms with Crippen LogP contribution < -0.4 is 29.7 Å². The Hall–Kier alpha value is -4.44. The number of carbonyl (C=O) groups excluding carboxylic acids is 1. The molecule has 1 aliphatic rings. The number of allylic oxidation sites excluding steroid dienone is 1. The molecule has 0 radical (unpaired) electrons. The molecule has 232 valence electrons. The normalized spacial score (nSPS) is 14.4. The van der Waals surface area contributed by atoms with Crippen LogP contribution in [0.2, 0.25) is 5.02 Å². The number of aromatic nitrogens is 1. The molecule has 2 heterocycles. The van der Waals surface area contributed by atoms with Gasteiger partial charge in [0.1, 0.15) is 18.1 Å². The zero-order valence-corrected chi connectivity index (χ0v) is 28.2. The number of halogens is 2. The average molecular weight is 715 g/mol. The van der Waals surface area contributed by atoms with Gasteiger partial charge in [0.05, 0.1) is 32.9 Å². The highest BCUT2D eigenvalue weighted by Gasteiger charge is 2.32. The van der Waals surface area contributed by atoms with Crippen molar-refractivity contribution in [3.63, 3.8) is 0 Å². The van der Waals surface area contributed by atoms with Gasteiger partial charge in [0.15, 0.2) is 4.80 Å². The minimum absolute atomic E-state index is 0.238. The summed E-state index contributed by atoms with van der Waals surface area (Å²) >= 11 is 11.0. The maximum atomic E-state index is 14.1. The molecule has 6 rings (SSSR count). The fourth-order valence-corrected chi connectivity index (χ4v) is 6.99. The topological polar surface area (TPSA) is 81.9 Å². The third-order valence-electron chi connectivity index (χ3n) is 7.34. The van der Waals surface area contributed by atoms with Crippen molar-refractivity contribution in [3.05, 3.63) is 154 Å². The van der Waals surface area contributed by atoms with Crippen molar-refractivity contribution in [3.8, 4) is 11.5 Å². The van der Waals surface area contributed by atoms with Crippen molar-refractivity contribution >= 4 is 56.5 Å². The minimum Gasteiger partial charge on any atom is -0.494 e. The first-order valence-corrected chi connectivity index (χ1v) is 16.6. The molecule has 0 fully saturated rings. The average Bonchev–Trinajstić information content (AvgIpc) is 3.34. The van der Waals surface area contributed by atoms with Crippen molar-refractivity contribution in [2.24, 2.45) is 4.99 Å². The van der Waals surface area contributed by atoms with Gasteiger partial charge in [-0.25, -0.2) is 4.99 Å². The first-order chi connectivity index (χ1) is 22.3. The molecule has 4 aromatic carbocycles. The quantitative estimate of drug-likeness (QED) is 0.174. The summed E-state index contributed by atoms with van der Waals surface area (Å²) < 4.78 is 14.5. The van der Waals surface area contributed by atoms with E-state index in [2.05, 4.69) is 21.2 Å². The van der Waals surface area contributed by atoms with Gasteiger partial charge >= 0.3 is 0 Å². The van der Waals surface area contributed by atoms with Gasteiger partial charge in [0.25, 0.3) is 11.5 Å². The lowest BCUT2D eigenvalue weighted by Gasteiger charge is -2.25. The number of anilines is 1. The van der Waals surface area contributed by atoms with Gasteiger partial charge in [0, 0.05) is 10.7 Å². The summed E-state index contributed by atoms with van der Waals surface area (Å²) in [5.74, 6) is 1.05. The zero-order valence-electron chi connectivity index (χ0n) is 25.0. The van der Waals surface area contributed by atoms with Gasteiger partial charge in [-0.1, -0.05) is 71.5 Å². The van der Waals surface area contributed by atoms with Crippen LogP contribution in [-0.4, -0.2) is 17.1 Å². The Kier molecular flexibility index (Phi) is 9.53. The molecule has 46 heavy (non-hydrogen) atoms. The fraction of sp³-hybridized carbons (Fsp3) is 0.139. The molecule has 0 saturated heterocycles. The van der Waals surface area contributed by atoms with Crippen LogP contribution in [0, 0.1) is 0 Å². The van der Waals surface area contributed by atoms with E-state index in [0.29, 0.717) is 56.0 Å². The van der Waals surface area contributed by atoms with Crippen molar-refractivity contribution < 1.29 is 14.3 Å². The van der Waals surface area contributed by atoms with Crippen LogP contribution in [0.25, 0.3) is 6.08 Å². The molecule has 1 atom stereocenters. The van der Waals surface area contributed by atoms with Crippen LogP contribution in [0.4, 0.5) is 5.69 Å². The summed E-state index contributed by atoms with van der Waals surface area (Å²) in [6.07, 6.45) is 1.83. The predicted molar refractivity (Wildman–Crippen MR) is 186 cm³/mol. The molecule has 1 amide bonds. The molecule has 0 saturated carbocycles. The van der Waals surface area contributed by atoms with Crippen molar-refractivity contribution in [2.45, 2.75) is 26.5 Å². The van der Waals surface area contributed by atoms with E-state index in [-0.39, 0.29) is 11.5 Å². The van der Waals surface area contributed by atoms with E-state index in [9.17, 15) is 9.59 Å². The van der Waals surface area contributed by atoms with E-state index < -0.39 is 6.04 Å². The Bertz CT molecular complexity index is 2130. The number of rotatable bonds is 9. The standard InChI is InChI=1S/C36H29BrClN3O4S/c1-3-44-28-15-13-25(14-16-28)33-32(34(42)40-27-10-5-4-6-11-27)22(2)39-36-41(33)35(43)31(46-36)20-23-12-17-30(29(37)19-23)45-21-24-8-7-9-26(38)18-24/h4-20,33H,3,21H2,1-2H3,(H,40,42)/b31-20-/t33-/m1/s1. The van der Waals surface area contributed by atoms with Gasteiger partial charge in [-0.3, -0.25) is 14.2 Å². The number of fused-ring (bicyclic) bond motifs is 1. The highest BCUT2D eigenvalue weighted by atomic mass is 79.9. The van der Waals surface area contributed by atoms with Crippen molar-refractivity contribution in [1.82, 2.24) is 4.57 Å². The Morgan fingerprint density at radius 1 is 1.02 bits per heavy atom. The molecule has 0 spiro atoms. The molecule has 0 bridgehead atoms. The molecule has 10 heteroatoms. The van der Waals surface area contributed by atoms with Crippen LogP contribution >= 0.6 is 38.9 Å². The van der Waals surface area contributed by atoms with Gasteiger partial charge in [-0.05, 0) is 101 Å². The number of amides is 1. The summed E-state index contributed by atoms with van der Waals surface area (Å²) in [4.78, 5) is 33.1. The number of nitrogens with zero attached hydrogens (tertiary/aromatic N) is 2. The minimum atomic E-state index is -0.688. The van der Waals surface area contributed by atoms with Crippen LogP contribution in [0.3, 0.4) is 0 Å². The molecule has 1 N–H and O–H groups in total. The SMILES string of the molecule is CCOc1ccc([C@@H]2C(C(=O)Nc3ccccc3)=C(C)N=c3s/c(=C\c4ccc(OCc5cccc(Cl)c5)c(Br)c4)c(=O)n32)cc1. The van der Waals surface area contributed by atoms with E-state index >= 15 is 0 Å². The molecule has 1 aromatic heterocycles. The molecule has 0 aliphatic carbocycles. The molecule has 0 unspecified atom stereocenters. The highest BCUT2D eigenvalue weighted by molar-refractivity contribution is 9.10. The van der Waals surface area contributed by atoms with E-state index in [4.69, 9.17) is 26.1 Å². The number of hydrogen-bond donors (Lipinski definition) is 1. The summed E-state index contributed by atoms with van der Waals surface area (Å²) in [5.41, 5.74) is 3.90. The lowest BCUT2D eigenvalue weighted by atomic mass is 9.95. The summed E-state index contributed by atoms with van der Waals surface area (Å²) in [7, 11) is 0. The second-order valence-electron chi connectivity index (χ2n) is 10.5. The van der Waals surface area contributed by atoms with Crippen LogP contribution in [-0.2, 0) is 11.4 Å². The van der Waals surface area contributed by atoms with Crippen LogP contribution in [0.15, 0.2) is 123 Å². The number of benzene rings is 4. The van der Waals surface area contributed by atoms with Crippen LogP contribution in [0.1, 0.15) is 36.6 Å². The Balaban J connectivity index is 1.36. The first-order valence-electron chi connectivity index (χ1n) is 14.6. The monoisotopic (exact) mass is 713 g/mol. The first kappa shape index (κ1) is 31.5. The van der Waals surface area contributed by atoms with E-state index in [1.807, 2.05) is 110 Å². The number of para-hydroxylation sites is 1. The summed E-state index contributed by atoms with van der Waals surface area (Å²) in [5, 5.41) is 3.63. The van der Waals surface area contributed by atoms with Gasteiger partial charge in [-0.2, -0.15) is 0 Å². The maximum Gasteiger partial charge on any atom is 0.271 e. The maximum absolute atomic E-state index is 14.1. The number of carbonyl (C=O) groups is 1. The Labute approximate surface area is 283 Å². The van der Waals surface area contributed by atoms with Gasteiger partial charge < -0.3 is 14.8 Å². The Morgan fingerprint density at radius 2 is 1.80 bits per heavy atom. The third kappa shape index (κ3) is 6.87. The molecule has 1 aliphatic heterocycles. The van der Waals surface area contributed by atoms with Gasteiger partial charge in [-0.15, -0.1) is 0 Å². The summed E-state index contributed by atoms with van der Waals surface area (Å²) in [6, 6.07) is 29.2. The lowest BCUT2D eigenvalue weighted by Crippen LogP contribution is -2.40. The summed E-state index contributed by atoms with van der Waals surface area (Å²) in [6.45, 7) is 4.62. The zero-order chi connectivity index (χ0) is 32.2. The fourth-order valence-electron chi connectivity index (χ4n) is 5.22. The van der Waals surface area contributed by atoms with Crippen molar-refractivity contribution in [2.75, 3.05) is 11.9 Å². The van der Waals surface area contributed by atoms with Crippen molar-refractivity contribution in [1.29, 1.82) is 0 Å². The Morgan fingerprint density at radius 3 is 2.52 bits per heavy atom. The number of hydrogen-bond acceptors (Lipinski definition) is 6. The third-order valence-corrected chi connectivity index (χ3v) is 9.18. The van der Waals surface area contributed by atoms with E-state index in [1.54, 1.807) is 11.5 Å². The number of ether oxygens (including phenoxy) is 2. The molecular formula is C36H29BrClN3O4S. The van der Waals surface area contributed by atoms with E-state index in [0.717, 1.165) is 21.2 Å². The second kappa shape index (κ2) is 13.9. The van der Waals surface area contributed by atoms with E-state index in [1.165, 1.54) is 11.3 Å². The predicted octanol–water partition coefficient (Wildman–Crippen LogP) is 7.27. The molecule has 7 nitrogen and oxygen atoms in total. The number of nitrogens with one attached hydrogen (secondary N) is 1. The highest BCUT2D eigenvalue weighted by Crippen LogP contribution is 2.32. The molecule has 5 aromatic rings. The number of thiazole rings is 1. The largest absolute Gasteiger partial charge is 0.494 e. The smallest absolute Gasteiger partial charge is 0.271 e. The van der Waals surface area contributed by atoms with Gasteiger partial charge in [0.2, 0.25) is 0 Å². The van der Waals surface area contributed by atoms with Crippen LogP contribution in [0.5, 0.6) is 11.5 Å². The lowest BCUT2D eigenvalue weighted by molar-refractivity contribution is -0.113. The second-order valence-corrected chi connectivity index (χ2v) is 12.8.